The number of benzene rings is 3. The van der Waals surface area contributed by atoms with Crippen LogP contribution in [0.4, 0.5) is 11.4 Å². The summed E-state index contributed by atoms with van der Waals surface area (Å²) >= 11 is 0. The second-order valence-corrected chi connectivity index (χ2v) is 6.94. The van der Waals surface area contributed by atoms with E-state index in [4.69, 9.17) is 10.5 Å². The second-order valence-electron chi connectivity index (χ2n) is 5.26. The van der Waals surface area contributed by atoms with Crippen molar-refractivity contribution in [1.29, 1.82) is 0 Å². The molecule has 0 heterocycles. The lowest BCUT2D eigenvalue weighted by Crippen LogP contribution is -2.13. The second kappa shape index (κ2) is 6.41. The number of ether oxygens (including phenoxy) is 1. The molecule has 0 saturated heterocycles. The van der Waals surface area contributed by atoms with Crippen molar-refractivity contribution < 1.29 is 13.2 Å². The monoisotopic (exact) mass is 342 g/mol. The van der Waals surface area contributed by atoms with Crippen molar-refractivity contribution in [3.63, 3.8) is 0 Å². The average Bonchev–Trinajstić information content (AvgIpc) is 2.58. The summed E-state index contributed by atoms with van der Waals surface area (Å²) in [6.07, 6.45) is 0. The summed E-state index contributed by atoms with van der Waals surface area (Å²) in [5.41, 5.74) is 7.05. The van der Waals surface area contributed by atoms with Gasteiger partial charge in [-0.2, -0.15) is 0 Å². The maximum atomic E-state index is 12.6. The molecule has 3 aromatic rings. The highest BCUT2D eigenvalue weighted by atomic mass is 32.2. The molecule has 0 saturated carbocycles. The average molecular weight is 342 g/mol. The van der Waals surface area contributed by atoms with Crippen molar-refractivity contribution in [1.82, 2.24) is 0 Å². The van der Waals surface area contributed by atoms with E-state index in [-0.39, 0.29) is 4.90 Å². The molecule has 0 aromatic heterocycles. The molecule has 0 atom stereocenters. The van der Waals surface area contributed by atoms with Crippen LogP contribution in [-0.2, 0) is 10.0 Å². The van der Waals surface area contributed by atoms with Crippen molar-refractivity contribution >= 4 is 32.2 Å². The van der Waals surface area contributed by atoms with Gasteiger partial charge in [-0.1, -0.05) is 24.3 Å². The normalized spacial score (nSPS) is 11.4. The van der Waals surface area contributed by atoms with Crippen LogP contribution in [0.15, 0.2) is 65.6 Å². The molecule has 6 heteroatoms. The van der Waals surface area contributed by atoms with E-state index < -0.39 is 10.0 Å². The number of nitrogens with two attached hydrogens (primary N) is 1. The van der Waals surface area contributed by atoms with Crippen LogP contribution in [0, 0.1) is 0 Å². The smallest absolute Gasteiger partial charge is 0.261 e. The van der Waals surface area contributed by atoms with Gasteiger partial charge in [-0.05, 0) is 43.3 Å². The first-order chi connectivity index (χ1) is 11.5. The molecule has 0 amide bonds. The standard InChI is InChI=1S/C18H18N2O3S/c1-2-23-13-7-9-14(10-8-13)24(21,22)20-18-12-11-17(19)15-5-3-4-6-16(15)18/h3-12,20H,2,19H2,1H3. The van der Waals surface area contributed by atoms with E-state index in [0.717, 1.165) is 10.8 Å². The number of hydrogen-bond donors (Lipinski definition) is 2. The molecule has 0 fully saturated rings. The Morgan fingerprint density at radius 1 is 0.958 bits per heavy atom. The van der Waals surface area contributed by atoms with Gasteiger partial charge in [0.05, 0.1) is 17.2 Å². The third-order valence-electron chi connectivity index (χ3n) is 3.65. The summed E-state index contributed by atoms with van der Waals surface area (Å²) < 4.78 is 33.2. The van der Waals surface area contributed by atoms with E-state index >= 15 is 0 Å². The van der Waals surface area contributed by atoms with E-state index in [1.165, 1.54) is 12.1 Å². The topological polar surface area (TPSA) is 81.4 Å². The Morgan fingerprint density at radius 2 is 1.62 bits per heavy atom. The van der Waals surface area contributed by atoms with Gasteiger partial charge in [0.25, 0.3) is 10.0 Å². The van der Waals surface area contributed by atoms with Crippen molar-refractivity contribution in [2.75, 3.05) is 17.1 Å². The minimum Gasteiger partial charge on any atom is -0.494 e. The van der Waals surface area contributed by atoms with Gasteiger partial charge in [0.15, 0.2) is 0 Å². The Labute approximate surface area is 141 Å². The Bertz CT molecular complexity index is 967. The van der Waals surface area contributed by atoms with E-state index in [2.05, 4.69) is 4.72 Å². The van der Waals surface area contributed by atoms with Gasteiger partial charge >= 0.3 is 0 Å². The van der Waals surface area contributed by atoms with Crippen LogP contribution in [0.3, 0.4) is 0 Å². The number of anilines is 2. The zero-order valence-corrected chi connectivity index (χ0v) is 14.0. The van der Waals surface area contributed by atoms with Crippen molar-refractivity contribution in [3.05, 3.63) is 60.7 Å². The summed E-state index contributed by atoms with van der Waals surface area (Å²) in [7, 11) is -3.70. The van der Waals surface area contributed by atoms with Gasteiger partial charge in [-0.25, -0.2) is 8.42 Å². The number of hydrogen-bond acceptors (Lipinski definition) is 4. The lowest BCUT2D eigenvalue weighted by Gasteiger charge is -2.12. The quantitative estimate of drug-likeness (QED) is 0.694. The number of nitrogen functional groups attached to an aromatic ring is 1. The van der Waals surface area contributed by atoms with Crippen LogP contribution in [0.1, 0.15) is 6.92 Å². The first-order valence-electron chi connectivity index (χ1n) is 7.54. The van der Waals surface area contributed by atoms with Gasteiger partial charge in [0, 0.05) is 16.5 Å². The molecule has 0 aliphatic heterocycles. The Hall–Kier alpha value is -2.73. The van der Waals surface area contributed by atoms with E-state index in [1.54, 1.807) is 24.3 Å². The molecule has 0 bridgehead atoms. The molecule has 124 valence electrons. The van der Waals surface area contributed by atoms with Crippen molar-refractivity contribution in [2.24, 2.45) is 0 Å². The Morgan fingerprint density at radius 3 is 2.29 bits per heavy atom. The molecule has 3 aromatic carbocycles. The zero-order chi connectivity index (χ0) is 17.2. The summed E-state index contributed by atoms with van der Waals surface area (Å²) in [4.78, 5) is 0.173. The van der Waals surface area contributed by atoms with Crippen molar-refractivity contribution in [2.45, 2.75) is 11.8 Å². The Balaban J connectivity index is 1.96. The lowest BCUT2D eigenvalue weighted by molar-refractivity contribution is 0.340. The highest BCUT2D eigenvalue weighted by Crippen LogP contribution is 2.30. The number of nitrogens with one attached hydrogen (secondary N) is 1. The van der Waals surface area contributed by atoms with Gasteiger partial charge in [-0.15, -0.1) is 0 Å². The first kappa shape index (κ1) is 16.1. The molecule has 3 N–H and O–H groups in total. The van der Waals surface area contributed by atoms with E-state index in [9.17, 15) is 8.42 Å². The molecule has 0 unspecified atom stereocenters. The van der Waals surface area contributed by atoms with Crippen LogP contribution in [0.2, 0.25) is 0 Å². The van der Waals surface area contributed by atoms with Gasteiger partial charge in [0.2, 0.25) is 0 Å². The summed E-state index contributed by atoms with van der Waals surface area (Å²) in [6, 6.07) is 17.1. The van der Waals surface area contributed by atoms with Crippen LogP contribution in [-0.4, -0.2) is 15.0 Å². The predicted molar refractivity (Wildman–Crippen MR) is 96.8 cm³/mol. The number of fused-ring (bicyclic) bond motifs is 1. The third-order valence-corrected chi connectivity index (χ3v) is 5.03. The van der Waals surface area contributed by atoms with Crippen LogP contribution >= 0.6 is 0 Å². The fraction of sp³-hybridized carbons (Fsp3) is 0.111. The van der Waals surface area contributed by atoms with Crippen LogP contribution in [0.25, 0.3) is 10.8 Å². The SMILES string of the molecule is CCOc1ccc(S(=O)(=O)Nc2ccc(N)c3ccccc23)cc1. The lowest BCUT2D eigenvalue weighted by atomic mass is 10.1. The molecule has 5 nitrogen and oxygen atoms in total. The fourth-order valence-electron chi connectivity index (χ4n) is 2.50. The van der Waals surface area contributed by atoms with E-state index in [1.807, 2.05) is 31.2 Å². The molecule has 0 aliphatic rings. The number of sulfonamides is 1. The molecular weight excluding hydrogens is 324 g/mol. The first-order valence-corrected chi connectivity index (χ1v) is 9.02. The van der Waals surface area contributed by atoms with Crippen molar-refractivity contribution in [3.8, 4) is 5.75 Å². The minimum atomic E-state index is -3.70. The highest BCUT2D eigenvalue weighted by molar-refractivity contribution is 7.92. The van der Waals surface area contributed by atoms with Gasteiger partial charge in [0.1, 0.15) is 5.75 Å². The summed E-state index contributed by atoms with van der Waals surface area (Å²) in [5.74, 6) is 0.634. The molecule has 0 spiro atoms. The van der Waals surface area contributed by atoms with Gasteiger partial charge < -0.3 is 10.5 Å². The maximum Gasteiger partial charge on any atom is 0.261 e. The summed E-state index contributed by atoms with van der Waals surface area (Å²) in [6.45, 7) is 2.40. The number of rotatable bonds is 5. The third kappa shape index (κ3) is 3.14. The Kier molecular flexibility index (Phi) is 4.31. The predicted octanol–water partition coefficient (Wildman–Crippen LogP) is 3.62. The van der Waals surface area contributed by atoms with Crippen LogP contribution in [0.5, 0.6) is 5.75 Å². The summed E-state index contributed by atoms with van der Waals surface area (Å²) in [5, 5.41) is 1.57. The van der Waals surface area contributed by atoms with E-state index in [0.29, 0.717) is 23.7 Å². The molecule has 0 aliphatic carbocycles. The molecular formula is C18H18N2O3S. The molecule has 0 radical (unpaired) electrons. The zero-order valence-electron chi connectivity index (χ0n) is 13.2. The highest BCUT2D eigenvalue weighted by Gasteiger charge is 2.16. The van der Waals surface area contributed by atoms with Crippen LogP contribution < -0.4 is 15.2 Å². The molecule has 3 rings (SSSR count). The fourth-order valence-corrected chi connectivity index (χ4v) is 3.58. The van der Waals surface area contributed by atoms with Gasteiger partial charge in [-0.3, -0.25) is 4.72 Å². The largest absolute Gasteiger partial charge is 0.494 e. The maximum absolute atomic E-state index is 12.6. The minimum absolute atomic E-state index is 0.173. The molecule has 24 heavy (non-hydrogen) atoms.